The van der Waals surface area contributed by atoms with Gasteiger partial charge in [-0.05, 0) is 44.9 Å². The second kappa shape index (κ2) is 5.27. The Morgan fingerprint density at radius 2 is 2.29 bits per heavy atom. The number of aryl methyl sites for hydroxylation is 2. The molecule has 1 aromatic heterocycles. The summed E-state index contributed by atoms with van der Waals surface area (Å²) in [6, 6.07) is 1.86. The molecule has 17 heavy (non-hydrogen) atoms. The van der Waals surface area contributed by atoms with E-state index in [4.69, 9.17) is 0 Å². The van der Waals surface area contributed by atoms with Gasteiger partial charge in [0, 0.05) is 6.20 Å². The van der Waals surface area contributed by atoms with E-state index in [0.717, 1.165) is 42.8 Å². The van der Waals surface area contributed by atoms with Gasteiger partial charge in [-0.25, -0.2) is 0 Å². The summed E-state index contributed by atoms with van der Waals surface area (Å²) in [5.74, 6) is 0.0592. The van der Waals surface area contributed by atoms with Gasteiger partial charge >= 0.3 is 0 Å². The molecule has 2 heterocycles. The number of hydrogen-bond acceptors (Lipinski definition) is 3. The number of carbonyl (C=O) groups excluding carboxylic acids is 1. The summed E-state index contributed by atoms with van der Waals surface area (Å²) in [7, 11) is 0. The van der Waals surface area contributed by atoms with Crippen LogP contribution in [0.2, 0.25) is 0 Å². The van der Waals surface area contributed by atoms with Crippen molar-refractivity contribution in [3.63, 3.8) is 0 Å². The van der Waals surface area contributed by atoms with Crippen molar-refractivity contribution < 1.29 is 4.79 Å². The maximum Gasteiger partial charge on any atom is 0.241 e. The van der Waals surface area contributed by atoms with Crippen molar-refractivity contribution in [3.8, 4) is 0 Å². The fraction of sp³-hybridized carbons (Fsp3) is 0.538. The summed E-state index contributed by atoms with van der Waals surface area (Å²) in [6.45, 7) is 4.83. The van der Waals surface area contributed by atoms with E-state index in [1.54, 1.807) is 6.20 Å². The van der Waals surface area contributed by atoms with Crippen LogP contribution in [0.4, 0.5) is 5.69 Å². The van der Waals surface area contributed by atoms with E-state index in [2.05, 4.69) is 15.6 Å². The van der Waals surface area contributed by atoms with E-state index in [9.17, 15) is 4.79 Å². The minimum Gasteiger partial charge on any atom is -0.323 e. The van der Waals surface area contributed by atoms with Crippen LogP contribution in [0.3, 0.4) is 0 Å². The van der Waals surface area contributed by atoms with Crippen LogP contribution in [0, 0.1) is 13.8 Å². The Kier molecular flexibility index (Phi) is 3.74. The van der Waals surface area contributed by atoms with Gasteiger partial charge in [0.25, 0.3) is 0 Å². The van der Waals surface area contributed by atoms with Gasteiger partial charge in [-0.2, -0.15) is 0 Å². The van der Waals surface area contributed by atoms with Crippen molar-refractivity contribution in [2.75, 3.05) is 11.9 Å². The van der Waals surface area contributed by atoms with E-state index in [1.807, 2.05) is 19.9 Å². The van der Waals surface area contributed by atoms with E-state index >= 15 is 0 Å². The molecule has 0 radical (unpaired) electrons. The summed E-state index contributed by atoms with van der Waals surface area (Å²) in [5, 5.41) is 6.23. The normalized spacial score (nSPS) is 20.0. The molecule has 1 aliphatic rings. The predicted octanol–water partition coefficient (Wildman–Crippen LogP) is 1.78. The van der Waals surface area contributed by atoms with Gasteiger partial charge in [-0.1, -0.05) is 6.42 Å². The monoisotopic (exact) mass is 233 g/mol. The zero-order valence-electron chi connectivity index (χ0n) is 10.4. The third-order valence-electron chi connectivity index (χ3n) is 3.22. The Morgan fingerprint density at radius 1 is 1.47 bits per heavy atom. The Bertz CT molecular complexity index is 391. The van der Waals surface area contributed by atoms with Crippen LogP contribution in [0.1, 0.15) is 30.5 Å². The first-order chi connectivity index (χ1) is 8.18. The minimum atomic E-state index is -0.0530. The van der Waals surface area contributed by atoms with Crippen LogP contribution in [0.25, 0.3) is 0 Å². The SMILES string of the molecule is Cc1ccnc(C)c1NC(=O)[C@H]1CCCCN1. The highest BCUT2D eigenvalue weighted by Crippen LogP contribution is 2.18. The molecular formula is C13H19N3O. The lowest BCUT2D eigenvalue weighted by Gasteiger charge is -2.23. The fourth-order valence-corrected chi connectivity index (χ4v) is 2.17. The number of amides is 1. The molecule has 0 spiro atoms. The molecule has 4 heteroatoms. The van der Waals surface area contributed by atoms with Crippen LogP contribution in [-0.2, 0) is 4.79 Å². The van der Waals surface area contributed by atoms with Crippen LogP contribution < -0.4 is 10.6 Å². The first kappa shape index (κ1) is 12.0. The topological polar surface area (TPSA) is 54.0 Å². The number of hydrogen-bond donors (Lipinski definition) is 2. The van der Waals surface area contributed by atoms with Gasteiger partial charge in [0.2, 0.25) is 5.91 Å². The van der Waals surface area contributed by atoms with Crippen molar-refractivity contribution in [1.82, 2.24) is 10.3 Å². The highest BCUT2D eigenvalue weighted by molar-refractivity contribution is 5.95. The Balaban J connectivity index is 2.07. The molecule has 1 aromatic rings. The van der Waals surface area contributed by atoms with Gasteiger partial charge in [0.15, 0.2) is 0 Å². The number of rotatable bonds is 2. The number of nitrogens with one attached hydrogen (secondary N) is 2. The zero-order valence-corrected chi connectivity index (χ0v) is 10.4. The largest absolute Gasteiger partial charge is 0.323 e. The summed E-state index contributed by atoms with van der Waals surface area (Å²) >= 11 is 0. The van der Waals surface area contributed by atoms with Gasteiger partial charge < -0.3 is 10.6 Å². The van der Waals surface area contributed by atoms with E-state index < -0.39 is 0 Å². The third-order valence-corrected chi connectivity index (χ3v) is 3.22. The molecule has 2 rings (SSSR count). The van der Waals surface area contributed by atoms with Gasteiger partial charge in [0.1, 0.15) is 0 Å². The maximum absolute atomic E-state index is 12.1. The molecular weight excluding hydrogens is 214 g/mol. The summed E-state index contributed by atoms with van der Waals surface area (Å²) in [6.07, 6.45) is 4.97. The molecule has 0 aliphatic carbocycles. The van der Waals surface area contributed by atoms with Gasteiger partial charge in [-0.15, -0.1) is 0 Å². The number of piperidine rings is 1. The molecule has 92 valence electrons. The van der Waals surface area contributed by atoms with Crippen molar-refractivity contribution in [2.24, 2.45) is 0 Å². The second-order valence-corrected chi connectivity index (χ2v) is 4.58. The van der Waals surface area contributed by atoms with Crippen LogP contribution in [0.15, 0.2) is 12.3 Å². The molecule has 1 atom stereocenters. The zero-order chi connectivity index (χ0) is 12.3. The van der Waals surface area contributed by atoms with Crippen molar-refractivity contribution >= 4 is 11.6 Å². The number of pyridine rings is 1. The number of nitrogens with zero attached hydrogens (tertiary/aromatic N) is 1. The van der Waals surface area contributed by atoms with Crippen LogP contribution in [-0.4, -0.2) is 23.5 Å². The Morgan fingerprint density at radius 3 is 2.94 bits per heavy atom. The second-order valence-electron chi connectivity index (χ2n) is 4.58. The van der Waals surface area contributed by atoms with E-state index in [1.165, 1.54) is 0 Å². The van der Waals surface area contributed by atoms with Crippen LogP contribution in [0.5, 0.6) is 0 Å². The molecule has 0 saturated carbocycles. The average Bonchev–Trinajstić information content (AvgIpc) is 2.35. The van der Waals surface area contributed by atoms with Crippen molar-refractivity contribution in [1.29, 1.82) is 0 Å². The standard InChI is InChI=1S/C13H19N3O/c1-9-6-8-14-10(2)12(9)16-13(17)11-5-3-4-7-15-11/h6,8,11,15H,3-5,7H2,1-2H3,(H,16,17)/t11-/m1/s1. The molecule has 1 fully saturated rings. The minimum absolute atomic E-state index is 0.0530. The predicted molar refractivity (Wildman–Crippen MR) is 68.0 cm³/mol. The van der Waals surface area contributed by atoms with Gasteiger partial charge in [0.05, 0.1) is 17.4 Å². The first-order valence-corrected chi connectivity index (χ1v) is 6.15. The Hall–Kier alpha value is -1.42. The van der Waals surface area contributed by atoms with E-state index in [0.29, 0.717) is 0 Å². The first-order valence-electron chi connectivity index (χ1n) is 6.15. The quantitative estimate of drug-likeness (QED) is 0.818. The van der Waals surface area contributed by atoms with Crippen molar-refractivity contribution in [3.05, 3.63) is 23.5 Å². The molecule has 0 unspecified atom stereocenters. The van der Waals surface area contributed by atoms with Crippen LogP contribution >= 0.6 is 0 Å². The molecule has 2 N–H and O–H groups in total. The third kappa shape index (κ3) is 2.82. The lowest BCUT2D eigenvalue weighted by molar-refractivity contribution is -0.118. The lowest BCUT2D eigenvalue weighted by Crippen LogP contribution is -2.43. The Labute approximate surface area is 102 Å². The molecule has 4 nitrogen and oxygen atoms in total. The smallest absolute Gasteiger partial charge is 0.241 e. The summed E-state index contributed by atoms with van der Waals surface area (Å²) in [5.41, 5.74) is 2.78. The highest BCUT2D eigenvalue weighted by Gasteiger charge is 2.21. The molecule has 0 bridgehead atoms. The average molecular weight is 233 g/mol. The molecule has 1 amide bonds. The molecule has 0 aromatic carbocycles. The van der Waals surface area contributed by atoms with E-state index in [-0.39, 0.29) is 11.9 Å². The molecule has 1 saturated heterocycles. The maximum atomic E-state index is 12.1. The highest BCUT2D eigenvalue weighted by atomic mass is 16.2. The van der Waals surface area contributed by atoms with Gasteiger partial charge in [-0.3, -0.25) is 9.78 Å². The van der Waals surface area contributed by atoms with Crippen molar-refractivity contribution in [2.45, 2.75) is 39.2 Å². The number of carbonyl (C=O) groups is 1. The number of aromatic nitrogens is 1. The molecule has 1 aliphatic heterocycles. The number of anilines is 1. The lowest BCUT2D eigenvalue weighted by atomic mass is 10.0. The summed E-state index contributed by atoms with van der Waals surface area (Å²) < 4.78 is 0. The fourth-order valence-electron chi connectivity index (χ4n) is 2.17. The summed E-state index contributed by atoms with van der Waals surface area (Å²) in [4.78, 5) is 16.3.